The van der Waals surface area contributed by atoms with Gasteiger partial charge in [0.15, 0.2) is 11.5 Å². The molecule has 4 rings (SSSR count). The Kier molecular flexibility index (Phi) is 6.72. The zero-order valence-electron chi connectivity index (χ0n) is 18.8. The summed E-state index contributed by atoms with van der Waals surface area (Å²) in [7, 11) is 1.59. The second-order valence-electron chi connectivity index (χ2n) is 8.01. The number of ether oxygens (including phenoxy) is 2. The van der Waals surface area contributed by atoms with E-state index >= 15 is 0 Å². The summed E-state index contributed by atoms with van der Waals surface area (Å²) in [4.78, 5) is 22.4. The molecule has 1 saturated heterocycles. The molecule has 1 atom stereocenters. The molecular weight excluding hydrogens is 423 g/mol. The molecule has 7 nitrogen and oxygen atoms in total. The van der Waals surface area contributed by atoms with Gasteiger partial charge in [-0.3, -0.25) is 4.79 Å². The van der Waals surface area contributed by atoms with Gasteiger partial charge in [0.2, 0.25) is 5.91 Å². The lowest BCUT2D eigenvalue weighted by Gasteiger charge is -2.31. The Morgan fingerprint density at radius 3 is 2.61 bits per heavy atom. The van der Waals surface area contributed by atoms with E-state index in [1.165, 1.54) is 24.5 Å². The molecule has 1 amide bonds. The van der Waals surface area contributed by atoms with Gasteiger partial charge in [-0.2, -0.15) is 0 Å². The van der Waals surface area contributed by atoms with E-state index in [-0.39, 0.29) is 23.9 Å². The van der Waals surface area contributed by atoms with Crippen LogP contribution in [-0.2, 0) is 4.79 Å². The van der Waals surface area contributed by atoms with Gasteiger partial charge in [-0.05, 0) is 36.8 Å². The van der Waals surface area contributed by atoms with Crippen LogP contribution < -0.4 is 14.8 Å². The Morgan fingerprint density at radius 2 is 1.94 bits per heavy atom. The van der Waals surface area contributed by atoms with Gasteiger partial charge in [-0.1, -0.05) is 18.7 Å². The molecule has 0 radical (unpaired) electrons. The Balaban J connectivity index is 1.57. The highest BCUT2D eigenvalue weighted by Crippen LogP contribution is 2.36. The first-order valence-corrected chi connectivity index (χ1v) is 10.9. The van der Waals surface area contributed by atoms with Crippen LogP contribution in [0.4, 0.5) is 10.2 Å². The maximum Gasteiger partial charge on any atom is 0.245 e. The van der Waals surface area contributed by atoms with Crippen molar-refractivity contribution in [3.8, 4) is 11.5 Å². The summed E-state index contributed by atoms with van der Waals surface area (Å²) < 4.78 is 25.1. The second-order valence-corrected chi connectivity index (χ2v) is 8.01. The summed E-state index contributed by atoms with van der Waals surface area (Å²) in [5.41, 5.74) is 1.66. The number of likely N-dealkylation sites (tertiary alicyclic amines) is 1. The molecule has 2 heterocycles. The van der Waals surface area contributed by atoms with Gasteiger partial charge in [0, 0.05) is 43.4 Å². The molecule has 0 bridgehead atoms. The number of nitrogens with one attached hydrogen (secondary N) is 1. The number of amides is 1. The number of hydrogen-bond acceptors (Lipinski definition) is 6. The Morgan fingerprint density at radius 1 is 1.21 bits per heavy atom. The fourth-order valence-electron chi connectivity index (χ4n) is 3.97. The van der Waals surface area contributed by atoms with E-state index in [2.05, 4.69) is 21.9 Å². The molecule has 0 unspecified atom stereocenters. The smallest absolute Gasteiger partial charge is 0.245 e. The van der Waals surface area contributed by atoms with E-state index in [1.807, 2.05) is 19.1 Å². The number of carbonyl (C=O) groups is 1. The standard InChI is InChI=1S/C25H27FN4O3/c1-4-24(31)30-11-9-19(10-12-30)33-23-13-20-21(14-22(23)32-3)27-15-28-25(20)29-16(2)17-5-7-18(26)8-6-17/h4-8,13-16,19H,1,9-12H2,2-3H3,(H,27,28,29)/t16-/m1/s1. The van der Waals surface area contributed by atoms with Gasteiger partial charge in [0.05, 0.1) is 12.6 Å². The van der Waals surface area contributed by atoms with Gasteiger partial charge in [0.25, 0.3) is 0 Å². The predicted octanol–water partition coefficient (Wildman–Crippen LogP) is 4.51. The predicted molar refractivity (Wildman–Crippen MR) is 125 cm³/mol. The SMILES string of the molecule is C=CC(=O)N1CCC(Oc2cc3c(N[C@H](C)c4ccc(F)cc4)ncnc3cc2OC)CC1. The number of anilines is 1. The third-order valence-corrected chi connectivity index (χ3v) is 5.87. The number of carbonyl (C=O) groups excluding carboxylic acids is 1. The zero-order chi connectivity index (χ0) is 23.4. The number of fused-ring (bicyclic) bond motifs is 1. The number of nitrogens with zero attached hydrogens (tertiary/aromatic N) is 3. The van der Waals surface area contributed by atoms with Crippen molar-refractivity contribution in [2.45, 2.75) is 31.9 Å². The first kappa shape index (κ1) is 22.5. The lowest BCUT2D eigenvalue weighted by Crippen LogP contribution is -2.41. The highest BCUT2D eigenvalue weighted by Gasteiger charge is 2.24. The molecule has 2 aromatic carbocycles. The Labute approximate surface area is 192 Å². The fourth-order valence-corrected chi connectivity index (χ4v) is 3.97. The molecule has 0 saturated carbocycles. The van der Waals surface area contributed by atoms with Crippen molar-refractivity contribution >= 4 is 22.6 Å². The van der Waals surface area contributed by atoms with Crippen molar-refractivity contribution in [2.24, 2.45) is 0 Å². The lowest BCUT2D eigenvalue weighted by atomic mass is 10.1. The maximum atomic E-state index is 13.3. The molecule has 0 aliphatic carbocycles. The minimum absolute atomic E-state index is 0.0376. The molecule has 172 valence electrons. The molecule has 8 heteroatoms. The molecule has 1 N–H and O–H groups in total. The average Bonchev–Trinajstić information content (AvgIpc) is 2.84. The van der Waals surface area contributed by atoms with Gasteiger partial charge >= 0.3 is 0 Å². The minimum atomic E-state index is -0.271. The number of benzene rings is 2. The van der Waals surface area contributed by atoms with Gasteiger partial charge in [-0.15, -0.1) is 0 Å². The van der Waals surface area contributed by atoms with Crippen LogP contribution in [0.3, 0.4) is 0 Å². The fraction of sp³-hybridized carbons (Fsp3) is 0.320. The first-order chi connectivity index (χ1) is 16.0. The van der Waals surface area contributed by atoms with Gasteiger partial charge in [-0.25, -0.2) is 14.4 Å². The van der Waals surface area contributed by atoms with Crippen LogP contribution in [-0.4, -0.2) is 47.1 Å². The maximum absolute atomic E-state index is 13.3. The number of piperidine rings is 1. The van der Waals surface area contributed by atoms with Crippen molar-refractivity contribution < 1.29 is 18.7 Å². The summed E-state index contributed by atoms with van der Waals surface area (Å²) in [5.74, 6) is 1.51. The van der Waals surface area contributed by atoms with E-state index in [9.17, 15) is 9.18 Å². The number of rotatable bonds is 7. The summed E-state index contributed by atoms with van der Waals surface area (Å²) in [5, 5.41) is 4.18. The van der Waals surface area contributed by atoms with Crippen molar-refractivity contribution in [1.29, 1.82) is 0 Å². The van der Waals surface area contributed by atoms with E-state index in [0.29, 0.717) is 30.4 Å². The van der Waals surface area contributed by atoms with Crippen molar-refractivity contribution in [3.05, 3.63) is 66.8 Å². The van der Waals surface area contributed by atoms with Crippen LogP contribution in [0.2, 0.25) is 0 Å². The summed E-state index contributed by atoms with van der Waals surface area (Å²) in [6.45, 7) is 6.78. The van der Waals surface area contributed by atoms with Gasteiger partial charge in [0.1, 0.15) is 24.1 Å². The van der Waals surface area contributed by atoms with Crippen LogP contribution in [0.5, 0.6) is 11.5 Å². The normalized spacial score (nSPS) is 15.2. The minimum Gasteiger partial charge on any atom is -0.493 e. The van der Waals surface area contributed by atoms with E-state index in [1.54, 1.807) is 24.1 Å². The van der Waals surface area contributed by atoms with E-state index in [4.69, 9.17) is 9.47 Å². The molecule has 33 heavy (non-hydrogen) atoms. The van der Waals surface area contributed by atoms with Crippen LogP contribution in [0.1, 0.15) is 31.4 Å². The third kappa shape index (κ3) is 5.05. The molecule has 0 spiro atoms. The Hall–Kier alpha value is -3.68. The zero-order valence-corrected chi connectivity index (χ0v) is 18.8. The Bertz CT molecular complexity index is 1140. The molecule has 1 aromatic heterocycles. The second kappa shape index (κ2) is 9.85. The monoisotopic (exact) mass is 450 g/mol. The quantitative estimate of drug-likeness (QED) is 0.534. The van der Waals surface area contributed by atoms with Gasteiger partial charge < -0.3 is 19.7 Å². The largest absolute Gasteiger partial charge is 0.493 e. The summed E-state index contributed by atoms with van der Waals surface area (Å²) in [6.07, 6.45) is 4.24. The highest BCUT2D eigenvalue weighted by atomic mass is 19.1. The van der Waals surface area contributed by atoms with Crippen molar-refractivity contribution in [3.63, 3.8) is 0 Å². The van der Waals surface area contributed by atoms with Crippen LogP contribution in [0.15, 0.2) is 55.4 Å². The first-order valence-electron chi connectivity index (χ1n) is 10.9. The number of halogens is 1. The van der Waals surface area contributed by atoms with Crippen LogP contribution in [0.25, 0.3) is 10.9 Å². The van der Waals surface area contributed by atoms with Crippen molar-refractivity contribution in [1.82, 2.24) is 14.9 Å². The van der Waals surface area contributed by atoms with Crippen molar-refractivity contribution in [2.75, 3.05) is 25.5 Å². The molecule has 3 aromatic rings. The van der Waals surface area contributed by atoms with Crippen LogP contribution >= 0.6 is 0 Å². The van der Waals surface area contributed by atoms with E-state index in [0.717, 1.165) is 29.3 Å². The molecule has 1 aliphatic heterocycles. The molecule has 1 aliphatic rings. The van der Waals surface area contributed by atoms with E-state index < -0.39 is 0 Å². The average molecular weight is 451 g/mol. The summed E-state index contributed by atoms with van der Waals surface area (Å²) >= 11 is 0. The molecular formula is C25H27FN4O3. The number of aromatic nitrogens is 2. The highest BCUT2D eigenvalue weighted by molar-refractivity contribution is 5.91. The molecule has 1 fully saturated rings. The lowest BCUT2D eigenvalue weighted by molar-refractivity contribution is -0.127. The third-order valence-electron chi connectivity index (χ3n) is 5.87. The summed E-state index contributed by atoms with van der Waals surface area (Å²) in [6, 6.07) is 9.99. The van der Waals surface area contributed by atoms with Crippen LogP contribution in [0, 0.1) is 5.82 Å². The number of methoxy groups -OCH3 is 1. The topological polar surface area (TPSA) is 76.6 Å². The number of hydrogen-bond donors (Lipinski definition) is 1.